The predicted molar refractivity (Wildman–Crippen MR) is 111 cm³/mol. The molecule has 0 amide bonds. The first-order valence-corrected chi connectivity index (χ1v) is 9.57. The molecule has 4 nitrogen and oxygen atoms in total. The van der Waals surface area contributed by atoms with Crippen LogP contribution in [0.15, 0.2) is 47.3 Å². The van der Waals surface area contributed by atoms with Gasteiger partial charge in [-0.3, -0.25) is 4.79 Å². The highest BCUT2D eigenvalue weighted by Gasteiger charge is 2.23. The van der Waals surface area contributed by atoms with E-state index >= 15 is 0 Å². The Balaban J connectivity index is 1.92. The highest BCUT2D eigenvalue weighted by atomic mass is 16.5. The van der Waals surface area contributed by atoms with Crippen molar-refractivity contribution in [3.05, 3.63) is 69.5 Å². The van der Waals surface area contributed by atoms with E-state index in [-0.39, 0.29) is 5.56 Å². The Morgan fingerprint density at radius 1 is 1.15 bits per heavy atom. The van der Waals surface area contributed by atoms with Crippen molar-refractivity contribution in [1.82, 2.24) is 4.57 Å². The summed E-state index contributed by atoms with van der Waals surface area (Å²) < 4.78 is 7.75. The molecule has 0 radical (unpaired) electrons. The summed E-state index contributed by atoms with van der Waals surface area (Å²) >= 11 is 0. The number of ether oxygens (including phenoxy) is 1. The van der Waals surface area contributed by atoms with Crippen LogP contribution in [0.5, 0.6) is 5.75 Å². The van der Waals surface area contributed by atoms with Crippen molar-refractivity contribution >= 4 is 16.6 Å². The summed E-state index contributed by atoms with van der Waals surface area (Å²) in [5.74, 6) is 0.912. The van der Waals surface area contributed by atoms with Gasteiger partial charge in [-0.15, -0.1) is 0 Å². The van der Waals surface area contributed by atoms with Gasteiger partial charge in [0.05, 0.1) is 17.7 Å². The van der Waals surface area contributed by atoms with Crippen LogP contribution in [0.3, 0.4) is 0 Å². The maximum atomic E-state index is 13.1. The highest BCUT2D eigenvalue weighted by Crippen LogP contribution is 2.37. The fourth-order valence-corrected chi connectivity index (χ4v) is 4.03. The summed E-state index contributed by atoms with van der Waals surface area (Å²) in [7, 11) is 1.87. The smallest absolute Gasteiger partial charge is 0.254 e. The lowest BCUT2D eigenvalue weighted by Gasteiger charge is -2.35. The molecule has 0 unspecified atom stereocenters. The number of rotatable bonds is 3. The SMILES string of the molecule is Cc1c(Cc2ccccc2)c(=O)n(C)c2cc3c(cc12)OCCN3C(C)C. The first-order valence-electron chi connectivity index (χ1n) is 9.57. The monoisotopic (exact) mass is 362 g/mol. The molecule has 1 aromatic heterocycles. The minimum Gasteiger partial charge on any atom is -0.490 e. The first kappa shape index (κ1) is 17.7. The topological polar surface area (TPSA) is 34.5 Å². The third kappa shape index (κ3) is 2.99. The lowest BCUT2D eigenvalue weighted by Crippen LogP contribution is -2.38. The first-order chi connectivity index (χ1) is 13.0. The largest absolute Gasteiger partial charge is 0.490 e. The molecular formula is C23H26N2O2. The van der Waals surface area contributed by atoms with Crippen LogP contribution >= 0.6 is 0 Å². The zero-order chi connectivity index (χ0) is 19.1. The van der Waals surface area contributed by atoms with Gasteiger partial charge >= 0.3 is 0 Å². The molecule has 2 aromatic carbocycles. The highest BCUT2D eigenvalue weighted by molar-refractivity contribution is 5.90. The number of nitrogens with zero attached hydrogens (tertiary/aromatic N) is 2. The van der Waals surface area contributed by atoms with Gasteiger partial charge in [0.25, 0.3) is 5.56 Å². The molecule has 0 bridgehead atoms. The second-order valence-electron chi connectivity index (χ2n) is 7.60. The van der Waals surface area contributed by atoms with E-state index in [2.05, 4.69) is 49.9 Å². The summed E-state index contributed by atoms with van der Waals surface area (Å²) in [6.07, 6.45) is 0.644. The molecule has 4 rings (SSSR count). The van der Waals surface area contributed by atoms with Crippen molar-refractivity contribution in [2.24, 2.45) is 7.05 Å². The third-order valence-corrected chi connectivity index (χ3v) is 5.60. The van der Waals surface area contributed by atoms with Gasteiger partial charge in [-0.25, -0.2) is 0 Å². The fourth-order valence-electron chi connectivity index (χ4n) is 4.03. The van der Waals surface area contributed by atoms with Gasteiger partial charge in [0.2, 0.25) is 0 Å². The third-order valence-electron chi connectivity index (χ3n) is 5.60. The van der Waals surface area contributed by atoms with Gasteiger partial charge in [0.15, 0.2) is 0 Å². The maximum absolute atomic E-state index is 13.1. The number of pyridine rings is 1. The molecule has 4 heteroatoms. The van der Waals surface area contributed by atoms with E-state index in [1.807, 2.05) is 25.2 Å². The van der Waals surface area contributed by atoms with Gasteiger partial charge in [-0.05, 0) is 44.0 Å². The van der Waals surface area contributed by atoms with Gasteiger partial charge in [-0.1, -0.05) is 30.3 Å². The second kappa shape index (κ2) is 6.76. The lowest BCUT2D eigenvalue weighted by atomic mass is 9.97. The number of aryl methyl sites for hydroxylation is 2. The number of anilines is 1. The van der Waals surface area contributed by atoms with Crippen molar-refractivity contribution in [2.45, 2.75) is 33.2 Å². The molecule has 0 spiro atoms. The summed E-state index contributed by atoms with van der Waals surface area (Å²) in [4.78, 5) is 15.5. The molecular weight excluding hydrogens is 336 g/mol. The number of benzene rings is 2. The Hall–Kier alpha value is -2.75. The fraction of sp³-hybridized carbons (Fsp3) is 0.348. The van der Waals surface area contributed by atoms with E-state index in [4.69, 9.17) is 4.74 Å². The molecule has 0 N–H and O–H groups in total. The Morgan fingerprint density at radius 2 is 1.89 bits per heavy atom. The van der Waals surface area contributed by atoms with Gasteiger partial charge in [-0.2, -0.15) is 0 Å². The minimum absolute atomic E-state index is 0.0802. The molecule has 1 aliphatic rings. The predicted octanol–water partition coefficient (Wildman–Crippen LogP) is 4.04. The zero-order valence-electron chi connectivity index (χ0n) is 16.5. The number of fused-ring (bicyclic) bond motifs is 2. The Labute approximate surface area is 160 Å². The molecule has 3 aromatic rings. The van der Waals surface area contributed by atoms with Crippen molar-refractivity contribution < 1.29 is 4.74 Å². The number of hydrogen-bond acceptors (Lipinski definition) is 3. The van der Waals surface area contributed by atoms with Crippen LogP contribution in [-0.2, 0) is 13.5 Å². The summed E-state index contributed by atoms with van der Waals surface area (Å²) in [6, 6.07) is 14.8. The van der Waals surface area contributed by atoms with Crippen LogP contribution in [-0.4, -0.2) is 23.8 Å². The van der Waals surface area contributed by atoms with Crippen LogP contribution < -0.4 is 15.2 Å². The van der Waals surface area contributed by atoms with Gasteiger partial charge in [0.1, 0.15) is 12.4 Å². The van der Waals surface area contributed by atoms with Gasteiger partial charge in [0, 0.05) is 30.5 Å². The summed E-state index contributed by atoms with van der Waals surface area (Å²) in [5, 5.41) is 1.09. The number of hydrogen-bond donors (Lipinski definition) is 0. The molecule has 1 aliphatic heterocycles. The normalized spacial score (nSPS) is 13.7. The molecule has 2 heterocycles. The number of aromatic nitrogens is 1. The molecule has 0 saturated carbocycles. The molecule has 27 heavy (non-hydrogen) atoms. The Bertz CT molecular complexity index is 1050. The average molecular weight is 362 g/mol. The molecule has 0 aliphatic carbocycles. The Morgan fingerprint density at radius 3 is 2.59 bits per heavy atom. The van der Waals surface area contributed by atoms with E-state index in [0.717, 1.165) is 45.6 Å². The van der Waals surface area contributed by atoms with E-state index in [1.165, 1.54) is 0 Å². The van der Waals surface area contributed by atoms with Crippen molar-refractivity contribution in [3.8, 4) is 5.75 Å². The van der Waals surface area contributed by atoms with Crippen molar-refractivity contribution in [3.63, 3.8) is 0 Å². The second-order valence-corrected chi connectivity index (χ2v) is 7.60. The average Bonchev–Trinajstić information content (AvgIpc) is 2.68. The van der Waals surface area contributed by atoms with E-state index in [9.17, 15) is 4.79 Å². The van der Waals surface area contributed by atoms with E-state index in [1.54, 1.807) is 4.57 Å². The zero-order valence-corrected chi connectivity index (χ0v) is 16.5. The van der Waals surface area contributed by atoms with Crippen LogP contribution in [0, 0.1) is 6.92 Å². The van der Waals surface area contributed by atoms with Crippen LogP contribution in [0.25, 0.3) is 10.9 Å². The molecule has 0 atom stereocenters. The Kier molecular flexibility index (Phi) is 4.42. The standard InChI is InChI=1S/C23H26N2O2/c1-15(2)25-10-11-27-22-13-18-16(3)19(12-17-8-6-5-7-9-17)23(26)24(4)20(18)14-21(22)25/h5-9,13-15H,10-12H2,1-4H3. The summed E-state index contributed by atoms with van der Waals surface area (Å²) in [5.41, 5.74) is 5.17. The van der Waals surface area contributed by atoms with E-state index < -0.39 is 0 Å². The maximum Gasteiger partial charge on any atom is 0.254 e. The van der Waals surface area contributed by atoms with Crippen LogP contribution in [0.2, 0.25) is 0 Å². The molecule has 140 valence electrons. The van der Waals surface area contributed by atoms with Crippen LogP contribution in [0.1, 0.15) is 30.5 Å². The molecule has 0 saturated heterocycles. The van der Waals surface area contributed by atoms with E-state index in [0.29, 0.717) is 19.1 Å². The van der Waals surface area contributed by atoms with Crippen molar-refractivity contribution in [2.75, 3.05) is 18.1 Å². The van der Waals surface area contributed by atoms with Crippen molar-refractivity contribution in [1.29, 1.82) is 0 Å². The minimum atomic E-state index is 0.0802. The summed E-state index contributed by atoms with van der Waals surface area (Å²) in [6.45, 7) is 7.99. The molecule has 0 fully saturated rings. The quantitative estimate of drug-likeness (QED) is 0.705. The lowest BCUT2D eigenvalue weighted by molar-refractivity contribution is 0.303. The van der Waals surface area contributed by atoms with Gasteiger partial charge < -0.3 is 14.2 Å². The van der Waals surface area contributed by atoms with Crippen LogP contribution in [0.4, 0.5) is 5.69 Å².